The van der Waals surface area contributed by atoms with Gasteiger partial charge in [-0.25, -0.2) is 4.98 Å². The topological polar surface area (TPSA) is 56.5 Å². The third-order valence-corrected chi connectivity index (χ3v) is 5.81. The summed E-state index contributed by atoms with van der Waals surface area (Å²) in [6.07, 6.45) is 1.65. The van der Waals surface area contributed by atoms with Gasteiger partial charge in [-0.05, 0) is 47.5 Å². The summed E-state index contributed by atoms with van der Waals surface area (Å²) in [5.74, 6) is 1.21. The van der Waals surface area contributed by atoms with Crippen molar-refractivity contribution in [2.75, 3.05) is 0 Å². The third-order valence-electron chi connectivity index (χ3n) is 5.28. The summed E-state index contributed by atoms with van der Waals surface area (Å²) in [6.45, 7) is 0.458. The fraction of sp³-hybridized carbons (Fsp3) is 0.0357. The second-order valence-corrected chi connectivity index (χ2v) is 8.58. The number of fused-ring (bicyclic) bond motifs is 1. The molecule has 166 valence electrons. The van der Waals surface area contributed by atoms with E-state index < -0.39 is 0 Å². The van der Waals surface area contributed by atoms with Gasteiger partial charge in [0.25, 0.3) is 5.56 Å². The molecule has 0 atom stereocenters. The van der Waals surface area contributed by atoms with Gasteiger partial charge in [0, 0.05) is 10.0 Å². The van der Waals surface area contributed by atoms with Crippen molar-refractivity contribution in [2.45, 2.75) is 6.61 Å². The van der Waals surface area contributed by atoms with E-state index in [4.69, 9.17) is 9.72 Å². The highest BCUT2D eigenvalue weighted by Crippen LogP contribution is 2.19. The van der Waals surface area contributed by atoms with Gasteiger partial charge >= 0.3 is 0 Å². The Morgan fingerprint density at radius 3 is 2.47 bits per heavy atom. The zero-order valence-corrected chi connectivity index (χ0v) is 19.7. The van der Waals surface area contributed by atoms with Gasteiger partial charge in [0.05, 0.1) is 17.1 Å². The van der Waals surface area contributed by atoms with E-state index in [0.29, 0.717) is 23.3 Å². The predicted octanol–water partition coefficient (Wildman–Crippen LogP) is 6.29. The fourth-order valence-electron chi connectivity index (χ4n) is 3.56. The maximum Gasteiger partial charge on any atom is 0.282 e. The molecule has 0 fully saturated rings. The molecular formula is C28H20BrN3O2. The van der Waals surface area contributed by atoms with E-state index in [1.54, 1.807) is 12.3 Å². The summed E-state index contributed by atoms with van der Waals surface area (Å²) in [5, 5.41) is 5.05. The average Bonchev–Trinajstić information content (AvgIpc) is 2.88. The normalized spacial score (nSPS) is 11.2. The van der Waals surface area contributed by atoms with Gasteiger partial charge in [0.1, 0.15) is 12.4 Å². The van der Waals surface area contributed by atoms with E-state index in [0.717, 1.165) is 26.9 Å². The van der Waals surface area contributed by atoms with Crippen LogP contribution in [0.15, 0.2) is 117 Å². The van der Waals surface area contributed by atoms with Crippen molar-refractivity contribution in [3.63, 3.8) is 0 Å². The van der Waals surface area contributed by atoms with Crippen LogP contribution in [0, 0.1) is 0 Å². The Bertz CT molecular complexity index is 1530. The number of rotatable bonds is 6. The number of ether oxygens (including phenoxy) is 1. The van der Waals surface area contributed by atoms with Gasteiger partial charge in [-0.15, -0.1) is 0 Å². The standard InChI is InChI=1S/C28H20BrN3O2/c29-23-15-13-20(14-16-23)19-34-24-10-6-7-21(17-24)18-30-32-27(22-8-2-1-3-9-22)31-26-12-5-4-11-25(26)28(32)33/h1-18H,19H2. The van der Waals surface area contributed by atoms with Crippen molar-refractivity contribution in [3.8, 4) is 17.1 Å². The lowest BCUT2D eigenvalue weighted by molar-refractivity contribution is 0.306. The minimum atomic E-state index is -0.219. The summed E-state index contributed by atoms with van der Waals surface area (Å²) < 4.78 is 8.33. The second kappa shape index (κ2) is 9.85. The summed E-state index contributed by atoms with van der Waals surface area (Å²) in [6, 6.07) is 32.5. The Hall–Kier alpha value is -4.03. The van der Waals surface area contributed by atoms with Gasteiger partial charge in [0.2, 0.25) is 0 Å². The molecule has 0 aliphatic rings. The van der Waals surface area contributed by atoms with Gasteiger partial charge in [-0.2, -0.15) is 9.78 Å². The van der Waals surface area contributed by atoms with Crippen molar-refractivity contribution < 1.29 is 4.74 Å². The summed E-state index contributed by atoms with van der Waals surface area (Å²) in [5.41, 5.74) is 3.12. The van der Waals surface area contributed by atoms with E-state index in [-0.39, 0.29) is 5.56 Å². The van der Waals surface area contributed by atoms with Crippen molar-refractivity contribution in [3.05, 3.63) is 129 Å². The van der Waals surface area contributed by atoms with Gasteiger partial charge in [0.15, 0.2) is 5.82 Å². The molecule has 5 aromatic rings. The molecule has 4 aromatic carbocycles. The molecule has 5 nitrogen and oxygen atoms in total. The zero-order chi connectivity index (χ0) is 23.3. The van der Waals surface area contributed by atoms with Crippen molar-refractivity contribution in [2.24, 2.45) is 5.10 Å². The van der Waals surface area contributed by atoms with Crippen LogP contribution in [-0.4, -0.2) is 15.9 Å². The highest BCUT2D eigenvalue weighted by atomic mass is 79.9. The van der Waals surface area contributed by atoms with E-state index in [1.165, 1.54) is 4.68 Å². The van der Waals surface area contributed by atoms with Crippen LogP contribution in [0.4, 0.5) is 0 Å². The van der Waals surface area contributed by atoms with Crippen LogP contribution < -0.4 is 10.3 Å². The second-order valence-electron chi connectivity index (χ2n) is 7.67. The Morgan fingerprint density at radius 1 is 0.882 bits per heavy atom. The molecular weight excluding hydrogens is 490 g/mol. The van der Waals surface area contributed by atoms with Crippen LogP contribution in [0.1, 0.15) is 11.1 Å². The molecule has 0 bridgehead atoms. The van der Waals surface area contributed by atoms with Crippen molar-refractivity contribution >= 4 is 33.0 Å². The van der Waals surface area contributed by atoms with Crippen LogP contribution >= 0.6 is 15.9 Å². The minimum absolute atomic E-state index is 0.219. The van der Waals surface area contributed by atoms with Gasteiger partial charge < -0.3 is 4.74 Å². The first-order valence-corrected chi connectivity index (χ1v) is 11.6. The number of hydrogen-bond acceptors (Lipinski definition) is 4. The van der Waals surface area contributed by atoms with Crippen molar-refractivity contribution in [1.29, 1.82) is 0 Å². The largest absolute Gasteiger partial charge is 0.489 e. The highest BCUT2D eigenvalue weighted by molar-refractivity contribution is 9.10. The van der Waals surface area contributed by atoms with E-state index in [9.17, 15) is 4.79 Å². The molecule has 0 saturated carbocycles. The van der Waals surface area contributed by atoms with E-state index in [2.05, 4.69) is 21.0 Å². The average molecular weight is 510 g/mol. The molecule has 0 aliphatic heterocycles. The lowest BCUT2D eigenvalue weighted by Gasteiger charge is -2.10. The number of halogens is 1. The van der Waals surface area contributed by atoms with E-state index in [1.807, 2.05) is 97.1 Å². The molecule has 0 radical (unpaired) electrons. The van der Waals surface area contributed by atoms with Gasteiger partial charge in [-0.1, -0.05) is 82.7 Å². The number of hydrogen-bond donors (Lipinski definition) is 0. The molecule has 0 amide bonds. The molecule has 5 rings (SSSR count). The molecule has 34 heavy (non-hydrogen) atoms. The zero-order valence-electron chi connectivity index (χ0n) is 18.1. The first-order chi connectivity index (χ1) is 16.7. The Labute approximate surface area is 205 Å². The molecule has 0 N–H and O–H groups in total. The molecule has 0 spiro atoms. The van der Waals surface area contributed by atoms with Crippen LogP contribution in [0.3, 0.4) is 0 Å². The Balaban J connectivity index is 1.47. The first kappa shape index (κ1) is 21.8. The molecule has 0 saturated heterocycles. The molecule has 1 aromatic heterocycles. The lowest BCUT2D eigenvalue weighted by atomic mass is 10.2. The number of para-hydroxylation sites is 1. The highest BCUT2D eigenvalue weighted by Gasteiger charge is 2.12. The summed E-state index contributed by atoms with van der Waals surface area (Å²) in [4.78, 5) is 18.0. The minimum Gasteiger partial charge on any atom is -0.489 e. The first-order valence-electron chi connectivity index (χ1n) is 10.8. The maximum atomic E-state index is 13.3. The Kier molecular flexibility index (Phi) is 6.31. The fourth-order valence-corrected chi connectivity index (χ4v) is 3.83. The monoisotopic (exact) mass is 509 g/mol. The summed E-state index contributed by atoms with van der Waals surface area (Å²) >= 11 is 3.44. The molecule has 6 heteroatoms. The predicted molar refractivity (Wildman–Crippen MR) is 139 cm³/mol. The quantitative estimate of drug-likeness (QED) is 0.253. The molecule has 1 heterocycles. The SMILES string of the molecule is O=c1c2ccccc2nc(-c2ccccc2)n1N=Cc1cccc(OCc2ccc(Br)cc2)c1. The van der Waals surface area contributed by atoms with E-state index >= 15 is 0 Å². The third kappa shape index (κ3) is 4.82. The Morgan fingerprint density at radius 2 is 1.65 bits per heavy atom. The lowest BCUT2D eigenvalue weighted by Crippen LogP contribution is -2.20. The molecule has 0 unspecified atom stereocenters. The van der Waals surface area contributed by atoms with Crippen LogP contribution in [0.5, 0.6) is 5.75 Å². The van der Waals surface area contributed by atoms with Crippen LogP contribution in [0.25, 0.3) is 22.3 Å². The molecule has 0 aliphatic carbocycles. The summed E-state index contributed by atoms with van der Waals surface area (Å²) in [7, 11) is 0. The van der Waals surface area contributed by atoms with Crippen LogP contribution in [-0.2, 0) is 6.61 Å². The smallest absolute Gasteiger partial charge is 0.282 e. The number of nitrogens with zero attached hydrogens (tertiary/aromatic N) is 3. The number of benzene rings is 4. The van der Waals surface area contributed by atoms with Gasteiger partial charge in [-0.3, -0.25) is 4.79 Å². The number of aromatic nitrogens is 2. The van der Waals surface area contributed by atoms with Crippen molar-refractivity contribution in [1.82, 2.24) is 9.66 Å². The maximum absolute atomic E-state index is 13.3. The van der Waals surface area contributed by atoms with Crippen LogP contribution in [0.2, 0.25) is 0 Å².